The number of thiazole rings is 1. The number of hydrogen-bond acceptors (Lipinski definition) is 7. The predicted octanol–water partition coefficient (Wildman–Crippen LogP) is 3.14. The van der Waals surface area contributed by atoms with Crippen molar-refractivity contribution in [1.29, 1.82) is 0 Å². The van der Waals surface area contributed by atoms with Gasteiger partial charge in [-0.3, -0.25) is 4.79 Å². The van der Waals surface area contributed by atoms with Gasteiger partial charge in [0.1, 0.15) is 5.75 Å². The van der Waals surface area contributed by atoms with Crippen LogP contribution in [0.5, 0.6) is 5.75 Å². The molecule has 1 aromatic heterocycles. The molecule has 3 heterocycles. The number of morpholine rings is 1. The van der Waals surface area contributed by atoms with Crippen molar-refractivity contribution in [1.82, 2.24) is 8.87 Å². The maximum absolute atomic E-state index is 12.9. The number of amides is 1. The van der Waals surface area contributed by atoms with E-state index >= 15 is 0 Å². The molecule has 3 aromatic rings. The van der Waals surface area contributed by atoms with Crippen molar-refractivity contribution >= 4 is 38.6 Å². The van der Waals surface area contributed by atoms with Gasteiger partial charge in [0.2, 0.25) is 10.0 Å². The lowest BCUT2D eigenvalue weighted by Crippen LogP contribution is -2.40. The van der Waals surface area contributed by atoms with Gasteiger partial charge in [0.25, 0.3) is 5.91 Å². The second-order valence-electron chi connectivity index (χ2n) is 8.67. The fourth-order valence-electron chi connectivity index (χ4n) is 4.28. The molecule has 35 heavy (non-hydrogen) atoms. The summed E-state index contributed by atoms with van der Waals surface area (Å²) in [6.07, 6.45) is 2.16. The molecule has 9 nitrogen and oxygen atoms in total. The molecule has 1 N–H and O–H groups in total. The van der Waals surface area contributed by atoms with Crippen LogP contribution in [0, 0.1) is 0 Å². The highest BCUT2D eigenvalue weighted by atomic mass is 32.2. The average molecular weight is 513 g/mol. The van der Waals surface area contributed by atoms with Gasteiger partial charge in [0.15, 0.2) is 11.4 Å². The molecule has 0 radical (unpaired) electrons. The van der Waals surface area contributed by atoms with Crippen molar-refractivity contribution < 1.29 is 22.7 Å². The summed E-state index contributed by atoms with van der Waals surface area (Å²) in [5, 5.41) is 4.94. The third-order valence-corrected chi connectivity index (χ3v) is 8.98. The molecule has 1 amide bonds. The van der Waals surface area contributed by atoms with E-state index < -0.39 is 10.0 Å². The van der Waals surface area contributed by atoms with Gasteiger partial charge >= 0.3 is 0 Å². The Bertz CT molecular complexity index is 1450. The van der Waals surface area contributed by atoms with E-state index in [0.717, 1.165) is 28.9 Å². The summed E-state index contributed by atoms with van der Waals surface area (Å²) in [5.74, 6) is 0.503. The molecule has 6 rings (SSSR count). The predicted molar refractivity (Wildman–Crippen MR) is 131 cm³/mol. The van der Waals surface area contributed by atoms with Crippen LogP contribution in [0.4, 0.5) is 11.4 Å². The van der Waals surface area contributed by atoms with Crippen LogP contribution in [0.3, 0.4) is 0 Å². The van der Waals surface area contributed by atoms with E-state index in [1.165, 1.54) is 4.31 Å². The lowest BCUT2D eigenvalue weighted by Gasteiger charge is -2.26. The van der Waals surface area contributed by atoms with Gasteiger partial charge in [0, 0.05) is 30.1 Å². The van der Waals surface area contributed by atoms with Crippen molar-refractivity contribution in [3.63, 3.8) is 0 Å². The number of ether oxygens (including phenoxy) is 2. The number of rotatable bonds is 5. The van der Waals surface area contributed by atoms with Crippen LogP contribution in [-0.2, 0) is 19.6 Å². The molecule has 11 heteroatoms. The Morgan fingerprint density at radius 1 is 1.06 bits per heavy atom. The smallest absolute Gasteiger partial charge is 0.262 e. The molecule has 0 spiro atoms. The Balaban J connectivity index is 1.32. The fraction of sp³-hybridized carbons (Fsp3) is 0.333. The Morgan fingerprint density at radius 3 is 2.57 bits per heavy atom. The molecule has 1 saturated heterocycles. The number of benzene rings is 2. The second kappa shape index (κ2) is 8.90. The van der Waals surface area contributed by atoms with Crippen molar-refractivity contribution in [2.45, 2.75) is 23.8 Å². The second-order valence-corrected chi connectivity index (χ2v) is 11.4. The van der Waals surface area contributed by atoms with Crippen LogP contribution in [0.25, 0.3) is 11.3 Å². The maximum atomic E-state index is 12.9. The van der Waals surface area contributed by atoms with Gasteiger partial charge in [-0.15, -0.1) is 11.3 Å². The Labute approximate surface area is 206 Å². The first-order chi connectivity index (χ1) is 17.0. The topological polar surface area (TPSA) is 102 Å². The van der Waals surface area contributed by atoms with Crippen molar-refractivity contribution in [2.75, 3.05) is 38.2 Å². The number of fused-ring (bicyclic) bond motifs is 1. The van der Waals surface area contributed by atoms with Crippen molar-refractivity contribution in [3.8, 4) is 17.0 Å². The molecular formula is C24H24N4O5S2. The molecule has 1 aliphatic carbocycles. The van der Waals surface area contributed by atoms with E-state index in [4.69, 9.17) is 14.5 Å². The van der Waals surface area contributed by atoms with E-state index in [1.54, 1.807) is 35.6 Å². The molecule has 3 aliphatic rings. The summed E-state index contributed by atoms with van der Waals surface area (Å²) < 4.78 is 40.2. The number of hydrogen-bond donors (Lipinski definition) is 1. The first-order valence-corrected chi connectivity index (χ1v) is 13.8. The van der Waals surface area contributed by atoms with Gasteiger partial charge in [-0.1, -0.05) is 0 Å². The first-order valence-electron chi connectivity index (χ1n) is 11.5. The highest BCUT2D eigenvalue weighted by Gasteiger charge is 2.29. The normalized spacial score (nSPS) is 19.2. The maximum Gasteiger partial charge on any atom is 0.262 e. The summed E-state index contributed by atoms with van der Waals surface area (Å²) in [7, 11) is -3.54. The van der Waals surface area contributed by atoms with Crippen LogP contribution in [0.2, 0.25) is 0 Å². The number of aromatic nitrogens is 1. The largest absolute Gasteiger partial charge is 0.482 e. The van der Waals surface area contributed by atoms with Gasteiger partial charge < -0.3 is 19.4 Å². The number of carbonyl (C=O) groups excluding carboxylic acids is 1. The molecule has 2 fully saturated rings. The summed E-state index contributed by atoms with van der Waals surface area (Å²) in [6.45, 7) is 1.59. The summed E-state index contributed by atoms with van der Waals surface area (Å²) in [5.41, 5.74) is 3.37. The molecule has 182 valence electrons. The number of sulfonamides is 1. The van der Waals surface area contributed by atoms with Crippen molar-refractivity contribution in [3.05, 3.63) is 52.6 Å². The lowest BCUT2D eigenvalue weighted by molar-refractivity contribution is -0.118. The van der Waals surface area contributed by atoms with Crippen LogP contribution >= 0.6 is 11.3 Å². The quantitative estimate of drug-likeness (QED) is 0.566. The standard InChI is InChI=1S/C24H24N4O5S2/c29-23-14-33-22-8-1-16(13-20(22)26-23)21-15-34-24(28(21)18-4-5-18)25-17-2-6-19(7-3-17)35(30,31)27-9-11-32-12-10-27/h1-3,6-8,13,15,18H,4-5,9-12,14H2,(H,26,29). The third-order valence-electron chi connectivity index (χ3n) is 6.23. The molecule has 0 atom stereocenters. The molecule has 2 aliphatic heterocycles. The minimum atomic E-state index is -3.54. The van der Waals surface area contributed by atoms with Crippen LogP contribution < -0.4 is 14.9 Å². The van der Waals surface area contributed by atoms with Crippen molar-refractivity contribution in [2.24, 2.45) is 4.99 Å². The van der Waals surface area contributed by atoms with Crippen LogP contribution in [0.15, 0.2) is 57.7 Å². The highest BCUT2D eigenvalue weighted by molar-refractivity contribution is 7.89. The highest BCUT2D eigenvalue weighted by Crippen LogP contribution is 2.40. The monoisotopic (exact) mass is 512 g/mol. The number of nitrogens with zero attached hydrogens (tertiary/aromatic N) is 3. The van der Waals surface area contributed by atoms with E-state index in [-0.39, 0.29) is 17.4 Å². The first kappa shape index (κ1) is 22.5. The molecule has 0 bridgehead atoms. The van der Waals surface area contributed by atoms with Crippen LogP contribution in [0.1, 0.15) is 18.9 Å². The van der Waals surface area contributed by atoms with Gasteiger partial charge in [0.05, 0.1) is 35.2 Å². The third kappa shape index (κ3) is 4.40. The Hall–Kier alpha value is -2.99. The van der Waals surface area contributed by atoms with Crippen LogP contribution in [-0.4, -0.2) is 56.1 Å². The van der Waals surface area contributed by atoms with Gasteiger partial charge in [-0.05, 0) is 55.3 Å². The Kier molecular flexibility index (Phi) is 5.72. The molecule has 2 aromatic carbocycles. The Morgan fingerprint density at radius 2 is 1.83 bits per heavy atom. The van der Waals surface area contributed by atoms with E-state index in [2.05, 4.69) is 15.3 Å². The summed E-state index contributed by atoms with van der Waals surface area (Å²) in [4.78, 5) is 17.7. The SMILES string of the molecule is O=C1COc2ccc(-c3csc(=Nc4ccc(S(=O)(=O)N5CCOCC5)cc4)n3C3CC3)cc2N1. The lowest BCUT2D eigenvalue weighted by atomic mass is 10.1. The fourth-order valence-corrected chi connectivity index (χ4v) is 6.67. The van der Waals surface area contributed by atoms with E-state index in [0.29, 0.717) is 49.5 Å². The average Bonchev–Trinajstić information content (AvgIpc) is 3.64. The molecule has 0 unspecified atom stereocenters. The number of nitrogens with one attached hydrogen (secondary N) is 1. The van der Waals surface area contributed by atoms with E-state index in [9.17, 15) is 13.2 Å². The molecular weight excluding hydrogens is 488 g/mol. The summed E-state index contributed by atoms with van der Waals surface area (Å²) in [6, 6.07) is 12.9. The number of anilines is 1. The van der Waals surface area contributed by atoms with Gasteiger partial charge in [-0.25, -0.2) is 13.4 Å². The zero-order valence-electron chi connectivity index (χ0n) is 18.8. The molecule has 1 saturated carbocycles. The minimum absolute atomic E-state index is 0.0302. The zero-order chi connectivity index (χ0) is 24.0. The minimum Gasteiger partial charge on any atom is -0.482 e. The summed E-state index contributed by atoms with van der Waals surface area (Å²) >= 11 is 1.54. The van der Waals surface area contributed by atoms with E-state index in [1.807, 2.05) is 18.2 Å². The zero-order valence-corrected chi connectivity index (χ0v) is 20.5. The number of carbonyl (C=O) groups is 1. The van der Waals surface area contributed by atoms with Gasteiger partial charge in [-0.2, -0.15) is 4.31 Å².